The molecular formula is C18H24N2O. The molecule has 0 heterocycles. The molecule has 0 amide bonds. The molecule has 0 aliphatic rings. The van der Waals surface area contributed by atoms with Gasteiger partial charge in [0.15, 0.2) is 0 Å². The first-order chi connectivity index (χ1) is 10.1. The van der Waals surface area contributed by atoms with Crippen molar-refractivity contribution >= 4 is 0 Å². The summed E-state index contributed by atoms with van der Waals surface area (Å²) in [7, 11) is 6.20. The van der Waals surface area contributed by atoms with E-state index < -0.39 is 0 Å². The van der Waals surface area contributed by atoms with Crippen LogP contribution in [0, 0.1) is 0 Å². The van der Waals surface area contributed by atoms with Crippen LogP contribution in [-0.2, 0) is 0 Å². The Labute approximate surface area is 127 Å². The molecule has 0 saturated heterocycles. The van der Waals surface area contributed by atoms with Gasteiger partial charge in [0.05, 0.1) is 0 Å². The lowest BCUT2D eigenvalue weighted by molar-refractivity contribution is 0.247. The van der Waals surface area contributed by atoms with Crippen LogP contribution in [0.4, 0.5) is 0 Å². The molecule has 112 valence electrons. The van der Waals surface area contributed by atoms with Crippen molar-refractivity contribution in [3.63, 3.8) is 0 Å². The summed E-state index contributed by atoms with van der Waals surface area (Å²) in [6.07, 6.45) is 0. The third kappa shape index (κ3) is 4.06. The third-order valence-corrected chi connectivity index (χ3v) is 3.69. The molecule has 21 heavy (non-hydrogen) atoms. The molecule has 2 aromatic carbocycles. The minimum atomic E-state index is 0.334. The van der Waals surface area contributed by atoms with Crippen LogP contribution in [-0.4, -0.2) is 32.1 Å². The fourth-order valence-electron chi connectivity index (χ4n) is 2.55. The van der Waals surface area contributed by atoms with Crippen LogP contribution in [0.2, 0.25) is 0 Å². The molecule has 2 aromatic rings. The van der Waals surface area contributed by atoms with Gasteiger partial charge in [-0.15, -0.1) is 0 Å². The topological polar surface area (TPSA) is 24.5 Å². The number of hydrogen-bond acceptors (Lipinski definition) is 3. The van der Waals surface area contributed by atoms with E-state index in [1.165, 1.54) is 5.56 Å². The van der Waals surface area contributed by atoms with Gasteiger partial charge in [-0.25, -0.2) is 0 Å². The van der Waals surface area contributed by atoms with Gasteiger partial charge in [0.2, 0.25) is 0 Å². The smallest absolute Gasteiger partial charge is 0.127 e. The normalized spacial score (nSPS) is 14.0. The number of benzene rings is 2. The summed E-state index contributed by atoms with van der Waals surface area (Å²) in [5.74, 6) is 1.72. The Bertz CT molecular complexity index is 537. The van der Waals surface area contributed by atoms with Gasteiger partial charge in [-0.2, -0.15) is 0 Å². The Hall–Kier alpha value is -1.84. The average Bonchev–Trinajstić information content (AvgIpc) is 2.49. The van der Waals surface area contributed by atoms with E-state index in [1.807, 2.05) is 49.5 Å². The maximum absolute atomic E-state index is 5.83. The van der Waals surface area contributed by atoms with E-state index in [2.05, 4.69) is 43.4 Å². The van der Waals surface area contributed by atoms with E-state index in [0.717, 1.165) is 11.5 Å². The zero-order valence-corrected chi connectivity index (χ0v) is 13.2. The largest absolute Gasteiger partial charge is 0.457 e. The molecule has 1 N–H and O–H groups in total. The van der Waals surface area contributed by atoms with Crippen molar-refractivity contribution in [2.75, 3.05) is 21.1 Å². The van der Waals surface area contributed by atoms with Crippen molar-refractivity contribution in [3.05, 3.63) is 60.2 Å². The number of para-hydroxylation sites is 1. The second-order valence-electron chi connectivity index (χ2n) is 5.47. The summed E-state index contributed by atoms with van der Waals surface area (Å²) >= 11 is 0. The number of likely N-dealkylation sites (N-methyl/N-ethyl adjacent to an activating group) is 2. The highest BCUT2D eigenvalue weighted by atomic mass is 16.5. The van der Waals surface area contributed by atoms with Crippen LogP contribution < -0.4 is 10.1 Å². The SMILES string of the molecule is CN[C@@H](C)[C@H](c1ccc(Oc2ccccc2)cc1)N(C)C. The highest BCUT2D eigenvalue weighted by molar-refractivity contribution is 5.34. The maximum atomic E-state index is 5.83. The van der Waals surface area contributed by atoms with Crippen molar-refractivity contribution in [1.82, 2.24) is 10.2 Å². The second-order valence-corrected chi connectivity index (χ2v) is 5.47. The summed E-state index contributed by atoms with van der Waals surface area (Å²) in [5, 5.41) is 3.33. The molecular weight excluding hydrogens is 260 g/mol. The molecule has 0 aromatic heterocycles. The molecule has 0 spiro atoms. The molecule has 0 bridgehead atoms. The lowest BCUT2D eigenvalue weighted by Gasteiger charge is -2.30. The first-order valence-corrected chi connectivity index (χ1v) is 7.28. The number of rotatable bonds is 6. The van der Waals surface area contributed by atoms with Gasteiger partial charge < -0.3 is 15.0 Å². The zero-order valence-electron chi connectivity index (χ0n) is 13.2. The molecule has 2 rings (SSSR count). The lowest BCUT2D eigenvalue weighted by atomic mass is 9.99. The van der Waals surface area contributed by atoms with Gasteiger partial charge in [0.25, 0.3) is 0 Å². The van der Waals surface area contributed by atoms with E-state index in [1.54, 1.807) is 0 Å². The molecule has 0 aliphatic carbocycles. The molecule has 0 saturated carbocycles. The molecule has 0 unspecified atom stereocenters. The van der Waals surface area contributed by atoms with E-state index in [0.29, 0.717) is 12.1 Å². The van der Waals surface area contributed by atoms with Gasteiger partial charge in [-0.05, 0) is 57.9 Å². The van der Waals surface area contributed by atoms with Crippen LogP contribution in [0.25, 0.3) is 0 Å². The highest BCUT2D eigenvalue weighted by Crippen LogP contribution is 2.26. The predicted molar refractivity (Wildman–Crippen MR) is 87.9 cm³/mol. The van der Waals surface area contributed by atoms with Crippen molar-refractivity contribution < 1.29 is 4.74 Å². The van der Waals surface area contributed by atoms with Crippen molar-refractivity contribution in [1.29, 1.82) is 0 Å². The summed E-state index contributed by atoms with van der Waals surface area (Å²) in [6.45, 7) is 2.19. The fraction of sp³-hybridized carbons (Fsp3) is 0.333. The lowest BCUT2D eigenvalue weighted by Crippen LogP contribution is -2.37. The molecule has 3 heteroatoms. The average molecular weight is 284 g/mol. The first-order valence-electron chi connectivity index (χ1n) is 7.28. The van der Waals surface area contributed by atoms with Crippen molar-refractivity contribution in [2.24, 2.45) is 0 Å². The molecule has 0 fully saturated rings. The summed E-state index contributed by atoms with van der Waals surface area (Å²) in [4.78, 5) is 2.23. The predicted octanol–water partition coefficient (Wildman–Crippen LogP) is 3.69. The van der Waals surface area contributed by atoms with Crippen molar-refractivity contribution in [3.8, 4) is 11.5 Å². The quantitative estimate of drug-likeness (QED) is 0.875. The monoisotopic (exact) mass is 284 g/mol. The second kappa shape index (κ2) is 7.25. The van der Waals surface area contributed by atoms with E-state index in [9.17, 15) is 0 Å². The number of nitrogens with zero attached hydrogens (tertiary/aromatic N) is 1. The Morgan fingerprint density at radius 1 is 0.905 bits per heavy atom. The number of ether oxygens (including phenoxy) is 1. The van der Waals surface area contributed by atoms with Crippen LogP contribution in [0.15, 0.2) is 54.6 Å². The molecule has 0 radical (unpaired) electrons. The van der Waals surface area contributed by atoms with E-state index in [-0.39, 0.29) is 0 Å². The van der Waals surface area contributed by atoms with Crippen LogP contribution >= 0.6 is 0 Å². The summed E-state index contributed by atoms with van der Waals surface area (Å²) in [5.41, 5.74) is 1.28. The molecule has 3 nitrogen and oxygen atoms in total. The summed E-state index contributed by atoms with van der Waals surface area (Å²) in [6, 6.07) is 18.9. The Morgan fingerprint density at radius 3 is 2.00 bits per heavy atom. The number of nitrogens with one attached hydrogen (secondary N) is 1. The van der Waals surface area contributed by atoms with Gasteiger partial charge in [0.1, 0.15) is 11.5 Å². The van der Waals surface area contributed by atoms with Gasteiger partial charge in [-0.3, -0.25) is 0 Å². The van der Waals surface area contributed by atoms with Gasteiger partial charge in [-0.1, -0.05) is 30.3 Å². The van der Waals surface area contributed by atoms with Gasteiger partial charge >= 0.3 is 0 Å². The Kier molecular flexibility index (Phi) is 5.37. The van der Waals surface area contributed by atoms with Crippen molar-refractivity contribution in [2.45, 2.75) is 19.0 Å². The van der Waals surface area contributed by atoms with Crippen LogP contribution in [0.3, 0.4) is 0 Å². The standard InChI is InChI=1S/C18H24N2O/c1-14(19-2)18(20(3)4)15-10-12-17(13-11-15)21-16-8-6-5-7-9-16/h5-14,18-19H,1-4H3/t14-,18+/m0/s1. The maximum Gasteiger partial charge on any atom is 0.127 e. The zero-order chi connectivity index (χ0) is 15.2. The summed E-state index contributed by atoms with van der Waals surface area (Å²) < 4.78 is 5.83. The van der Waals surface area contributed by atoms with E-state index in [4.69, 9.17) is 4.74 Å². The first kappa shape index (κ1) is 15.5. The molecule has 0 aliphatic heterocycles. The molecule has 2 atom stereocenters. The van der Waals surface area contributed by atoms with Crippen LogP contribution in [0.1, 0.15) is 18.5 Å². The Morgan fingerprint density at radius 2 is 1.48 bits per heavy atom. The minimum absolute atomic E-state index is 0.334. The van der Waals surface area contributed by atoms with E-state index >= 15 is 0 Å². The Balaban J connectivity index is 2.14. The highest BCUT2D eigenvalue weighted by Gasteiger charge is 2.20. The fourth-order valence-corrected chi connectivity index (χ4v) is 2.55. The minimum Gasteiger partial charge on any atom is -0.457 e. The van der Waals surface area contributed by atoms with Crippen LogP contribution in [0.5, 0.6) is 11.5 Å². The van der Waals surface area contributed by atoms with Gasteiger partial charge in [0, 0.05) is 12.1 Å². The third-order valence-electron chi connectivity index (χ3n) is 3.69. The number of hydrogen-bond donors (Lipinski definition) is 1.